The molecule has 1 aromatic rings. The molecule has 0 atom stereocenters. The van der Waals surface area contributed by atoms with Crippen molar-refractivity contribution in [2.75, 3.05) is 5.32 Å². The number of amides is 1. The SMILES string of the molecule is CCCCCCCCCCCC(=O)Nc1ccc(Cl)cc1Cl. The van der Waals surface area contributed by atoms with Crippen LogP contribution in [0.25, 0.3) is 0 Å². The van der Waals surface area contributed by atoms with E-state index < -0.39 is 0 Å². The molecule has 0 saturated heterocycles. The van der Waals surface area contributed by atoms with Gasteiger partial charge in [-0.05, 0) is 24.6 Å². The van der Waals surface area contributed by atoms with Crippen LogP contribution in [0.3, 0.4) is 0 Å². The normalized spacial score (nSPS) is 10.7. The number of unbranched alkanes of at least 4 members (excludes halogenated alkanes) is 8. The summed E-state index contributed by atoms with van der Waals surface area (Å²) in [4.78, 5) is 11.9. The molecule has 0 aromatic heterocycles. The monoisotopic (exact) mass is 343 g/mol. The van der Waals surface area contributed by atoms with Gasteiger partial charge in [0.2, 0.25) is 5.91 Å². The topological polar surface area (TPSA) is 29.1 Å². The molecule has 4 heteroatoms. The summed E-state index contributed by atoms with van der Waals surface area (Å²) >= 11 is 11.9. The van der Waals surface area contributed by atoms with Crippen molar-refractivity contribution >= 4 is 34.8 Å². The zero-order chi connectivity index (χ0) is 16.2. The summed E-state index contributed by atoms with van der Waals surface area (Å²) in [6.07, 6.45) is 11.8. The summed E-state index contributed by atoms with van der Waals surface area (Å²) in [6, 6.07) is 5.09. The second-order valence-corrected chi connectivity index (χ2v) is 6.59. The minimum absolute atomic E-state index is 0.0205. The van der Waals surface area contributed by atoms with Gasteiger partial charge in [-0.1, -0.05) is 81.5 Å². The highest BCUT2D eigenvalue weighted by atomic mass is 35.5. The number of hydrogen-bond donors (Lipinski definition) is 1. The van der Waals surface area contributed by atoms with Crippen molar-refractivity contribution < 1.29 is 4.79 Å². The molecule has 0 bridgehead atoms. The highest BCUT2D eigenvalue weighted by Gasteiger charge is 2.06. The van der Waals surface area contributed by atoms with E-state index in [2.05, 4.69) is 12.2 Å². The number of hydrogen-bond acceptors (Lipinski definition) is 1. The second-order valence-electron chi connectivity index (χ2n) is 5.75. The second kappa shape index (κ2) is 11.8. The predicted octanol–water partition coefficient (Wildman–Crippen LogP) is 6.85. The first kappa shape index (κ1) is 19.3. The maximum Gasteiger partial charge on any atom is 0.224 e. The van der Waals surface area contributed by atoms with Gasteiger partial charge in [-0.3, -0.25) is 4.79 Å². The number of benzene rings is 1. The molecular weight excluding hydrogens is 317 g/mol. The van der Waals surface area contributed by atoms with Gasteiger partial charge >= 0.3 is 0 Å². The van der Waals surface area contributed by atoms with E-state index in [-0.39, 0.29) is 5.91 Å². The molecule has 0 heterocycles. The van der Waals surface area contributed by atoms with Gasteiger partial charge < -0.3 is 5.32 Å². The van der Waals surface area contributed by atoms with E-state index in [1.807, 2.05) is 0 Å². The lowest BCUT2D eigenvalue weighted by Gasteiger charge is -2.07. The smallest absolute Gasteiger partial charge is 0.224 e. The quantitative estimate of drug-likeness (QED) is 0.437. The van der Waals surface area contributed by atoms with Crippen LogP contribution in [0.1, 0.15) is 71.1 Å². The van der Waals surface area contributed by atoms with Crippen LogP contribution in [-0.2, 0) is 4.79 Å². The fraction of sp³-hybridized carbons (Fsp3) is 0.611. The highest BCUT2D eigenvalue weighted by molar-refractivity contribution is 6.36. The average Bonchev–Trinajstić information content (AvgIpc) is 2.48. The van der Waals surface area contributed by atoms with Crippen molar-refractivity contribution in [2.24, 2.45) is 0 Å². The number of anilines is 1. The van der Waals surface area contributed by atoms with Crippen LogP contribution in [0.4, 0.5) is 5.69 Å². The van der Waals surface area contributed by atoms with E-state index in [1.54, 1.807) is 18.2 Å². The van der Waals surface area contributed by atoms with Crippen LogP contribution >= 0.6 is 23.2 Å². The number of rotatable bonds is 11. The van der Waals surface area contributed by atoms with E-state index in [0.29, 0.717) is 22.2 Å². The van der Waals surface area contributed by atoms with E-state index in [9.17, 15) is 4.79 Å². The molecule has 124 valence electrons. The lowest BCUT2D eigenvalue weighted by molar-refractivity contribution is -0.116. The molecule has 22 heavy (non-hydrogen) atoms. The highest BCUT2D eigenvalue weighted by Crippen LogP contribution is 2.25. The largest absolute Gasteiger partial charge is 0.325 e. The maximum absolute atomic E-state index is 11.9. The first-order valence-electron chi connectivity index (χ1n) is 8.38. The lowest BCUT2D eigenvalue weighted by Crippen LogP contribution is -2.11. The van der Waals surface area contributed by atoms with Crippen LogP contribution < -0.4 is 5.32 Å². The molecule has 0 aliphatic carbocycles. The van der Waals surface area contributed by atoms with Crippen LogP contribution in [0.2, 0.25) is 10.0 Å². The van der Waals surface area contributed by atoms with Gasteiger partial charge in [0.25, 0.3) is 0 Å². The molecule has 0 aliphatic rings. The fourth-order valence-corrected chi connectivity index (χ4v) is 2.86. The molecule has 0 spiro atoms. The Morgan fingerprint density at radius 3 is 2.14 bits per heavy atom. The van der Waals surface area contributed by atoms with E-state index in [1.165, 1.54) is 44.9 Å². The van der Waals surface area contributed by atoms with Crippen LogP contribution in [0.15, 0.2) is 18.2 Å². The maximum atomic E-state index is 11.9. The molecule has 0 aliphatic heterocycles. The Hall–Kier alpha value is -0.730. The molecule has 0 saturated carbocycles. The van der Waals surface area contributed by atoms with Crippen LogP contribution in [0, 0.1) is 0 Å². The Balaban J connectivity index is 2.06. The Bertz CT molecular complexity index is 449. The zero-order valence-corrected chi connectivity index (χ0v) is 15.0. The Kier molecular flexibility index (Phi) is 10.3. The summed E-state index contributed by atoms with van der Waals surface area (Å²) in [5.74, 6) is 0.0205. The van der Waals surface area contributed by atoms with Crippen molar-refractivity contribution in [1.82, 2.24) is 0 Å². The molecule has 1 N–H and O–H groups in total. The van der Waals surface area contributed by atoms with Gasteiger partial charge in [-0.15, -0.1) is 0 Å². The van der Waals surface area contributed by atoms with Crippen molar-refractivity contribution in [3.8, 4) is 0 Å². The van der Waals surface area contributed by atoms with Gasteiger partial charge in [0.05, 0.1) is 10.7 Å². The summed E-state index contributed by atoms with van der Waals surface area (Å²) in [5.41, 5.74) is 0.631. The Labute approximate surface area is 144 Å². The molecule has 0 unspecified atom stereocenters. The van der Waals surface area contributed by atoms with Gasteiger partial charge in [-0.25, -0.2) is 0 Å². The van der Waals surface area contributed by atoms with E-state index in [4.69, 9.17) is 23.2 Å². The minimum Gasteiger partial charge on any atom is -0.325 e. The number of halogens is 2. The molecule has 0 radical (unpaired) electrons. The molecular formula is C18H27Cl2NO. The fourth-order valence-electron chi connectivity index (χ4n) is 2.40. The third-order valence-electron chi connectivity index (χ3n) is 3.71. The van der Waals surface area contributed by atoms with Crippen LogP contribution in [-0.4, -0.2) is 5.91 Å². The minimum atomic E-state index is 0.0205. The predicted molar refractivity (Wildman–Crippen MR) is 96.9 cm³/mol. The lowest BCUT2D eigenvalue weighted by atomic mass is 10.1. The first-order valence-corrected chi connectivity index (χ1v) is 9.14. The Morgan fingerprint density at radius 1 is 0.955 bits per heavy atom. The summed E-state index contributed by atoms with van der Waals surface area (Å²) in [7, 11) is 0. The van der Waals surface area contributed by atoms with Crippen molar-refractivity contribution in [3.63, 3.8) is 0 Å². The van der Waals surface area contributed by atoms with E-state index in [0.717, 1.165) is 12.8 Å². The van der Waals surface area contributed by atoms with Crippen LogP contribution in [0.5, 0.6) is 0 Å². The van der Waals surface area contributed by atoms with Crippen molar-refractivity contribution in [2.45, 2.75) is 71.1 Å². The number of carbonyl (C=O) groups excluding carboxylic acids is 1. The first-order chi connectivity index (χ1) is 10.6. The molecule has 2 nitrogen and oxygen atoms in total. The van der Waals surface area contributed by atoms with Gasteiger partial charge in [-0.2, -0.15) is 0 Å². The zero-order valence-electron chi connectivity index (χ0n) is 13.5. The molecule has 0 fully saturated rings. The number of nitrogens with one attached hydrogen (secondary N) is 1. The Morgan fingerprint density at radius 2 is 1.55 bits per heavy atom. The third-order valence-corrected chi connectivity index (χ3v) is 4.26. The van der Waals surface area contributed by atoms with Gasteiger partial charge in [0.15, 0.2) is 0 Å². The summed E-state index contributed by atoms with van der Waals surface area (Å²) < 4.78 is 0. The molecule has 1 amide bonds. The van der Waals surface area contributed by atoms with Crippen molar-refractivity contribution in [3.05, 3.63) is 28.2 Å². The molecule has 1 aromatic carbocycles. The molecule has 1 rings (SSSR count). The standard InChI is InChI=1S/C18H27Cl2NO/c1-2-3-4-5-6-7-8-9-10-11-18(22)21-17-13-12-15(19)14-16(17)20/h12-14H,2-11H2,1H3,(H,21,22). The summed E-state index contributed by atoms with van der Waals surface area (Å²) in [6.45, 7) is 2.24. The van der Waals surface area contributed by atoms with E-state index >= 15 is 0 Å². The average molecular weight is 344 g/mol. The van der Waals surface area contributed by atoms with Gasteiger partial charge in [0.1, 0.15) is 0 Å². The third kappa shape index (κ3) is 8.65. The van der Waals surface area contributed by atoms with Gasteiger partial charge in [0, 0.05) is 11.4 Å². The van der Waals surface area contributed by atoms with Crippen molar-refractivity contribution in [1.29, 1.82) is 0 Å². The summed E-state index contributed by atoms with van der Waals surface area (Å²) in [5, 5.41) is 3.88. The number of carbonyl (C=O) groups is 1.